The number of aromatic nitrogens is 4. The lowest BCUT2D eigenvalue weighted by Gasteiger charge is -2.28. The van der Waals surface area contributed by atoms with Gasteiger partial charge in [0.2, 0.25) is 5.28 Å². The highest BCUT2D eigenvalue weighted by Gasteiger charge is 2.24. The second-order valence-corrected chi connectivity index (χ2v) is 7.19. The first-order chi connectivity index (χ1) is 14.6. The van der Waals surface area contributed by atoms with Crippen LogP contribution in [0.4, 0.5) is 11.5 Å². The highest BCUT2D eigenvalue weighted by Crippen LogP contribution is 2.27. The molecule has 0 radical (unpaired) electrons. The van der Waals surface area contributed by atoms with Gasteiger partial charge in [-0.1, -0.05) is 30.2 Å². The predicted molar refractivity (Wildman–Crippen MR) is 117 cm³/mol. The van der Waals surface area contributed by atoms with Crippen molar-refractivity contribution in [3.05, 3.63) is 57.0 Å². The Balaban J connectivity index is 1.95. The minimum atomic E-state index is -0.250. The smallest absolute Gasteiger partial charge is 0.331 e. The van der Waals surface area contributed by atoms with Crippen molar-refractivity contribution in [1.82, 2.24) is 24.4 Å². The molecule has 1 aliphatic heterocycles. The van der Waals surface area contributed by atoms with E-state index in [1.807, 2.05) is 12.1 Å². The summed E-state index contributed by atoms with van der Waals surface area (Å²) < 4.78 is 3.15. The number of hydrogen-bond acceptors (Lipinski definition) is 5. The number of hydrogen-bond donors (Lipinski definition) is 1. The third kappa shape index (κ3) is 3.63. The summed E-state index contributed by atoms with van der Waals surface area (Å²) in [5.41, 5.74) is 2.07. The maximum atomic E-state index is 13.4. The molecule has 2 aromatic heterocycles. The second-order valence-electron chi connectivity index (χ2n) is 6.85. The second kappa shape index (κ2) is 8.58. The molecule has 0 atom stereocenters. The summed E-state index contributed by atoms with van der Waals surface area (Å²) >= 11 is 6.28. The van der Waals surface area contributed by atoms with Gasteiger partial charge in [0.05, 0.1) is 13.1 Å². The topological polar surface area (TPSA) is 72.3 Å². The molecule has 3 heterocycles. The van der Waals surface area contributed by atoms with Gasteiger partial charge in [0.15, 0.2) is 17.2 Å². The molecule has 0 spiro atoms. The van der Waals surface area contributed by atoms with E-state index in [2.05, 4.69) is 36.9 Å². The number of nitrogens with one attached hydrogen (secondary N) is 1. The van der Waals surface area contributed by atoms with Gasteiger partial charge >= 0.3 is 5.69 Å². The van der Waals surface area contributed by atoms with E-state index in [0.29, 0.717) is 22.7 Å². The van der Waals surface area contributed by atoms with Crippen molar-refractivity contribution >= 4 is 34.3 Å². The molecular weight excluding hydrogens is 402 g/mol. The fourth-order valence-electron chi connectivity index (χ4n) is 3.64. The predicted octanol–water partition coefficient (Wildman–Crippen LogP) is 2.28. The van der Waals surface area contributed by atoms with Crippen LogP contribution in [-0.4, -0.2) is 45.3 Å². The van der Waals surface area contributed by atoms with Gasteiger partial charge in [0.1, 0.15) is 5.52 Å². The summed E-state index contributed by atoms with van der Waals surface area (Å²) in [6.45, 7) is 12.7. The average molecular weight is 422 g/mol. The number of anilines is 1. The molecule has 0 amide bonds. The van der Waals surface area contributed by atoms with Gasteiger partial charge in [0, 0.05) is 32.7 Å². The van der Waals surface area contributed by atoms with E-state index < -0.39 is 0 Å². The molecule has 0 aliphatic carbocycles. The summed E-state index contributed by atoms with van der Waals surface area (Å²) in [4.78, 5) is 27.9. The lowest BCUT2D eigenvalue weighted by molar-refractivity contribution is 0.585. The molecule has 152 valence electrons. The van der Waals surface area contributed by atoms with E-state index in [1.54, 1.807) is 28.2 Å². The van der Waals surface area contributed by atoms with Crippen molar-refractivity contribution in [2.75, 3.05) is 31.1 Å². The lowest BCUT2D eigenvalue weighted by Crippen LogP contribution is -2.44. The number of benzene rings is 1. The first kappa shape index (κ1) is 20.0. The van der Waals surface area contributed by atoms with Crippen LogP contribution < -0.4 is 15.9 Å². The van der Waals surface area contributed by atoms with E-state index in [1.165, 1.54) is 0 Å². The molecule has 1 N–H and O–H groups in total. The Morgan fingerprint density at radius 1 is 1.23 bits per heavy atom. The van der Waals surface area contributed by atoms with E-state index in [9.17, 15) is 4.79 Å². The number of halogens is 1. The largest absolute Gasteiger partial charge is 0.352 e. The van der Waals surface area contributed by atoms with Crippen molar-refractivity contribution in [2.24, 2.45) is 0 Å². The van der Waals surface area contributed by atoms with Crippen LogP contribution in [-0.2, 0) is 13.1 Å². The monoisotopic (exact) mass is 421 g/mol. The van der Waals surface area contributed by atoms with Crippen LogP contribution in [0.15, 0.2) is 29.1 Å². The SMILES string of the molecule is [C-]#[N+]c1ccccc1Cn1c(=O)n(CC#CC)c2c(N3CCNCC3)nc(Cl)nc21. The van der Waals surface area contributed by atoms with E-state index in [-0.39, 0.29) is 24.1 Å². The van der Waals surface area contributed by atoms with Gasteiger partial charge in [-0.3, -0.25) is 9.13 Å². The maximum Gasteiger partial charge on any atom is 0.331 e. The molecule has 4 rings (SSSR count). The molecule has 1 aliphatic rings. The Labute approximate surface area is 178 Å². The van der Waals surface area contributed by atoms with E-state index >= 15 is 0 Å². The number of para-hydroxylation sites is 1. The number of rotatable bonds is 4. The lowest BCUT2D eigenvalue weighted by atomic mass is 10.2. The number of fused-ring (bicyclic) bond motifs is 1. The van der Waals surface area contributed by atoms with Crippen LogP contribution in [0.5, 0.6) is 0 Å². The molecule has 1 fully saturated rings. The quantitative estimate of drug-likeness (QED) is 0.397. The minimum Gasteiger partial charge on any atom is -0.352 e. The zero-order chi connectivity index (χ0) is 21.1. The van der Waals surface area contributed by atoms with Gasteiger partial charge in [-0.05, 0) is 24.1 Å². The Bertz CT molecular complexity index is 1250. The Morgan fingerprint density at radius 3 is 2.73 bits per heavy atom. The van der Waals surface area contributed by atoms with E-state index in [0.717, 1.165) is 31.7 Å². The fourth-order valence-corrected chi connectivity index (χ4v) is 3.80. The van der Waals surface area contributed by atoms with Crippen LogP contribution in [0.1, 0.15) is 12.5 Å². The molecule has 9 heteroatoms. The van der Waals surface area contributed by atoms with Crippen LogP contribution in [0.3, 0.4) is 0 Å². The molecule has 3 aromatic rings. The Morgan fingerprint density at radius 2 is 2.00 bits per heavy atom. The van der Waals surface area contributed by atoms with Gasteiger partial charge in [0.25, 0.3) is 0 Å². The van der Waals surface area contributed by atoms with Crippen molar-refractivity contribution in [3.8, 4) is 11.8 Å². The van der Waals surface area contributed by atoms with Crippen molar-refractivity contribution < 1.29 is 0 Å². The molecule has 30 heavy (non-hydrogen) atoms. The average Bonchev–Trinajstić information content (AvgIpc) is 3.03. The van der Waals surface area contributed by atoms with Crippen LogP contribution in [0.2, 0.25) is 5.28 Å². The normalized spacial score (nSPS) is 13.7. The summed E-state index contributed by atoms with van der Waals surface area (Å²) in [7, 11) is 0. The Kier molecular flexibility index (Phi) is 5.71. The molecule has 1 saturated heterocycles. The standard InChI is InChI=1S/C21H20ClN7O/c1-3-4-11-28-17-18(27-12-9-24-10-13-27)25-20(22)26-19(17)29(21(28)30)14-15-7-5-6-8-16(15)23-2/h5-8,24H,9-14H2,1H3. The molecule has 0 unspecified atom stereocenters. The minimum absolute atomic E-state index is 0.0852. The third-order valence-corrected chi connectivity index (χ3v) is 5.25. The Hall–Kier alpha value is -3.33. The van der Waals surface area contributed by atoms with E-state index in [4.69, 9.17) is 18.2 Å². The molecule has 0 saturated carbocycles. The van der Waals surface area contributed by atoms with Crippen LogP contribution in [0.25, 0.3) is 16.0 Å². The van der Waals surface area contributed by atoms with Crippen molar-refractivity contribution in [1.29, 1.82) is 0 Å². The maximum absolute atomic E-state index is 13.4. The van der Waals surface area contributed by atoms with Crippen molar-refractivity contribution in [3.63, 3.8) is 0 Å². The highest BCUT2D eigenvalue weighted by atomic mass is 35.5. The molecule has 0 bridgehead atoms. The van der Waals surface area contributed by atoms with Gasteiger partial charge in [-0.25, -0.2) is 9.64 Å². The van der Waals surface area contributed by atoms with Gasteiger partial charge in [-0.2, -0.15) is 9.97 Å². The van der Waals surface area contributed by atoms with Crippen LogP contribution >= 0.6 is 11.6 Å². The summed E-state index contributed by atoms with van der Waals surface area (Å²) in [6, 6.07) is 7.24. The first-order valence-corrected chi connectivity index (χ1v) is 9.99. The number of imidazole rings is 1. The highest BCUT2D eigenvalue weighted by molar-refractivity contribution is 6.28. The number of piperazine rings is 1. The van der Waals surface area contributed by atoms with Gasteiger partial charge in [-0.15, -0.1) is 5.92 Å². The molecule has 8 nitrogen and oxygen atoms in total. The summed E-state index contributed by atoms with van der Waals surface area (Å²) in [5, 5.41) is 3.40. The molecule has 1 aromatic carbocycles. The van der Waals surface area contributed by atoms with Crippen molar-refractivity contribution in [2.45, 2.75) is 20.0 Å². The first-order valence-electron chi connectivity index (χ1n) is 9.61. The number of nitrogens with zero attached hydrogens (tertiary/aromatic N) is 6. The third-order valence-electron chi connectivity index (χ3n) is 5.08. The fraction of sp³-hybridized carbons (Fsp3) is 0.333. The molecular formula is C21H20ClN7O. The zero-order valence-electron chi connectivity index (χ0n) is 16.5. The summed E-state index contributed by atoms with van der Waals surface area (Å²) in [5.74, 6) is 6.46. The zero-order valence-corrected chi connectivity index (χ0v) is 17.3. The van der Waals surface area contributed by atoms with Gasteiger partial charge < -0.3 is 10.2 Å². The van der Waals surface area contributed by atoms with Crippen LogP contribution in [0, 0.1) is 18.4 Å². The summed E-state index contributed by atoms with van der Waals surface area (Å²) in [6.07, 6.45) is 0.